The zero-order valence-electron chi connectivity index (χ0n) is 37.7. The molecule has 0 fully saturated rings. The van der Waals surface area contributed by atoms with E-state index in [-0.39, 0.29) is 22.5 Å². The normalized spacial score (nSPS) is 13.0. The minimum absolute atomic E-state index is 0.0232. The van der Waals surface area contributed by atoms with E-state index in [2.05, 4.69) is 74.6 Å². The molecule has 0 unspecified atom stereocenters. The van der Waals surface area contributed by atoms with Gasteiger partial charge in [0.25, 0.3) is 0 Å². The fourth-order valence-electron chi connectivity index (χ4n) is 8.59. The quantitative estimate of drug-likeness (QED) is 0.0642. The summed E-state index contributed by atoms with van der Waals surface area (Å²) in [6.07, 6.45) is 38.6. The maximum atomic E-state index is 13.7. The van der Waals surface area contributed by atoms with E-state index in [0.717, 1.165) is 25.8 Å². The van der Waals surface area contributed by atoms with Gasteiger partial charge in [-0.3, -0.25) is 4.79 Å². The third-order valence-corrected chi connectivity index (χ3v) is 11.7. The summed E-state index contributed by atoms with van der Waals surface area (Å²) in [5.74, 6) is 0.818. The van der Waals surface area contributed by atoms with Gasteiger partial charge in [-0.1, -0.05) is 196 Å². The average Bonchev–Trinajstić information content (AvgIpc) is 3.06. The Hall–Kier alpha value is -0.610. The molecule has 0 saturated heterocycles. The second kappa shape index (κ2) is 30.6. The van der Waals surface area contributed by atoms with E-state index in [1.165, 1.54) is 167 Å². The van der Waals surface area contributed by atoms with Gasteiger partial charge in [0.05, 0.1) is 17.8 Å². The lowest BCUT2D eigenvalue weighted by atomic mass is 9.70. The van der Waals surface area contributed by atoms with Crippen LogP contribution in [-0.2, 0) is 14.3 Å². The van der Waals surface area contributed by atoms with Crippen LogP contribution in [0.25, 0.3) is 0 Å². The van der Waals surface area contributed by atoms with E-state index in [4.69, 9.17) is 9.47 Å². The van der Waals surface area contributed by atoms with Crippen LogP contribution < -0.4 is 5.32 Å². The summed E-state index contributed by atoms with van der Waals surface area (Å²) >= 11 is 0. The molecule has 0 aliphatic carbocycles. The van der Waals surface area contributed by atoms with Gasteiger partial charge in [0.2, 0.25) is 5.91 Å². The molecule has 0 heterocycles. The minimum Gasteiger partial charge on any atom is -0.379 e. The SMILES string of the molecule is CCCCCCCCCCCCCCC(CCCCCCCCCCCCCC)CNC(=O)C(C)(C)CC(C)(C)CC(C)(C)OCCC(C)(C)OC. The van der Waals surface area contributed by atoms with E-state index < -0.39 is 5.41 Å². The van der Waals surface area contributed by atoms with Crippen LogP contribution in [0.5, 0.6) is 0 Å². The molecule has 0 saturated carbocycles. The lowest BCUT2D eigenvalue weighted by Gasteiger charge is -2.40. The average molecular weight is 736 g/mol. The summed E-state index contributed by atoms with van der Waals surface area (Å²) in [5, 5.41) is 3.47. The van der Waals surface area contributed by atoms with Crippen molar-refractivity contribution in [1.82, 2.24) is 5.32 Å². The van der Waals surface area contributed by atoms with Crippen LogP contribution in [0.2, 0.25) is 0 Å². The second-order valence-electron chi connectivity index (χ2n) is 19.7. The molecule has 0 aliphatic rings. The number of amides is 1. The summed E-state index contributed by atoms with van der Waals surface area (Å²) in [5.41, 5.74) is -0.879. The maximum Gasteiger partial charge on any atom is 0.225 e. The van der Waals surface area contributed by atoms with Crippen LogP contribution in [0.3, 0.4) is 0 Å². The first-order valence-corrected chi connectivity index (χ1v) is 23.1. The number of rotatable bonds is 38. The molecule has 0 aliphatic heterocycles. The van der Waals surface area contributed by atoms with Crippen molar-refractivity contribution in [2.45, 2.75) is 267 Å². The smallest absolute Gasteiger partial charge is 0.225 e. The van der Waals surface area contributed by atoms with Gasteiger partial charge in [-0.25, -0.2) is 0 Å². The van der Waals surface area contributed by atoms with E-state index in [0.29, 0.717) is 12.5 Å². The molecule has 0 aromatic rings. The molecular formula is C48H97NO3. The Kier molecular flexibility index (Phi) is 30.2. The molecule has 0 rings (SSSR count). The van der Waals surface area contributed by atoms with Gasteiger partial charge in [0, 0.05) is 19.1 Å². The highest BCUT2D eigenvalue weighted by atomic mass is 16.5. The topological polar surface area (TPSA) is 47.6 Å². The lowest BCUT2D eigenvalue weighted by Crippen LogP contribution is -2.43. The molecule has 0 atom stereocenters. The number of nitrogens with one attached hydrogen (secondary N) is 1. The molecule has 0 aromatic heterocycles. The first kappa shape index (κ1) is 51.4. The van der Waals surface area contributed by atoms with Crippen LogP contribution in [0, 0.1) is 16.7 Å². The van der Waals surface area contributed by atoms with Crippen molar-refractivity contribution in [3.8, 4) is 0 Å². The van der Waals surface area contributed by atoms with Gasteiger partial charge < -0.3 is 14.8 Å². The molecule has 1 amide bonds. The fraction of sp³-hybridized carbons (Fsp3) is 0.979. The molecule has 4 nitrogen and oxygen atoms in total. The van der Waals surface area contributed by atoms with Gasteiger partial charge >= 0.3 is 0 Å². The third-order valence-electron chi connectivity index (χ3n) is 11.7. The Morgan fingerprint density at radius 2 is 0.885 bits per heavy atom. The number of hydrogen-bond acceptors (Lipinski definition) is 3. The summed E-state index contributed by atoms with van der Waals surface area (Å²) in [4.78, 5) is 13.7. The number of unbranched alkanes of at least 4 members (excludes halogenated alkanes) is 22. The van der Waals surface area contributed by atoms with Gasteiger partial charge in [-0.05, 0) is 71.1 Å². The zero-order valence-corrected chi connectivity index (χ0v) is 37.7. The van der Waals surface area contributed by atoms with Crippen molar-refractivity contribution in [2.75, 3.05) is 20.3 Å². The number of ether oxygens (including phenoxy) is 2. The monoisotopic (exact) mass is 736 g/mol. The van der Waals surface area contributed by atoms with Crippen LogP contribution in [0.1, 0.15) is 255 Å². The summed E-state index contributed by atoms with van der Waals surface area (Å²) in [6, 6.07) is 0. The summed E-state index contributed by atoms with van der Waals surface area (Å²) in [7, 11) is 1.77. The van der Waals surface area contributed by atoms with Crippen molar-refractivity contribution >= 4 is 5.91 Å². The fourth-order valence-corrected chi connectivity index (χ4v) is 8.59. The highest BCUT2D eigenvalue weighted by molar-refractivity contribution is 5.81. The Bertz CT molecular complexity index is 788. The number of methoxy groups -OCH3 is 1. The predicted molar refractivity (Wildman–Crippen MR) is 230 cm³/mol. The Balaban J connectivity index is 4.79. The van der Waals surface area contributed by atoms with E-state index >= 15 is 0 Å². The summed E-state index contributed by atoms with van der Waals surface area (Å²) < 4.78 is 11.9. The molecule has 1 N–H and O–H groups in total. The third kappa shape index (κ3) is 30.7. The molecule has 52 heavy (non-hydrogen) atoms. The molecule has 0 spiro atoms. The molecule has 4 heteroatoms. The van der Waals surface area contributed by atoms with Gasteiger partial charge in [0.15, 0.2) is 0 Å². The van der Waals surface area contributed by atoms with Crippen molar-refractivity contribution in [3.05, 3.63) is 0 Å². The van der Waals surface area contributed by atoms with E-state index in [9.17, 15) is 4.79 Å². The number of carbonyl (C=O) groups excluding carboxylic acids is 1. The van der Waals surface area contributed by atoms with Crippen LogP contribution in [0.4, 0.5) is 0 Å². The minimum atomic E-state index is -0.422. The Morgan fingerprint density at radius 3 is 1.25 bits per heavy atom. The molecule has 0 bridgehead atoms. The van der Waals surface area contributed by atoms with Crippen LogP contribution >= 0.6 is 0 Å². The molecule has 0 radical (unpaired) electrons. The number of carbonyl (C=O) groups is 1. The molecule has 312 valence electrons. The van der Waals surface area contributed by atoms with Gasteiger partial charge in [-0.2, -0.15) is 0 Å². The van der Waals surface area contributed by atoms with Crippen LogP contribution in [-0.4, -0.2) is 37.4 Å². The van der Waals surface area contributed by atoms with Crippen molar-refractivity contribution in [2.24, 2.45) is 16.7 Å². The lowest BCUT2D eigenvalue weighted by molar-refractivity contribution is -0.132. The largest absolute Gasteiger partial charge is 0.379 e. The van der Waals surface area contributed by atoms with Crippen LogP contribution in [0.15, 0.2) is 0 Å². The van der Waals surface area contributed by atoms with Gasteiger partial charge in [0.1, 0.15) is 0 Å². The second-order valence-corrected chi connectivity index (χ2v) is 19.7. The standard InChI is InChI=1S/C48H97NO3/c1-12-14-16-18-20-22-24-26-28-30-32-34-36-43(37-35-33-31-29-27-25-23-21-19-17-15-13-2)40-49-44(50)46(5,6)41-45(3,4)42-48(9,10)52-39-38-47(7,8)51-11/h43H,12-42H2,1-11H3,(H,49,50). The maximum absolute atomic E-state index is 13.7. The van der Waals surface area contributed by atoms with Crippen molar-refractivity contribution in [3.63, 3.8) is 0 Å². The highest BCUT2D eigenvalue weighted by Crippen LogP contribution is 2.40. The Morgan fingerprint density at radius 1 is 0.519 bits per heavy atom. The first-order chi connectivity index (χ1) is 24.6. The Labute approximate surface area is 328 Å². The molecule has 0 aromatic carbocycles. The van der Waals surface area contributed by atoms with E-state index in [1.807, 2.05) is 0 Å². The number of hydrogen-bond donors (Lipinski definition) is 1. The van der Waals surface area contributed by atoms with Crippen molar-refractivity contribution in [1.29, 1.82) is 0 Å². The zero-order chi connectivity index (χ0) is 39.2. The first-order valence-electron chi connectivity index (χ1n) is 23.1. The van der Waals surface area contributed by atoms with Gasteiger partial charge in [-0.15, -0.1) is 0 Å². The predicted octanol–water partition coefficient (Wildman–Crippen LogP) is 15.3. The highest BCUT2D eigenvalue weighted by Gasteiger charge is 2.38. The van der Waals surface area contributed by atoms with E-state index in [1.54, 1.807) is 7.11 Å². The van der Waals surface area contributed by atoms with Crippen molar-refractivity contribution < 1.29 is 14.3 Å². The molecular weight excluding hydrogens is 639 g/mol. The summed E-state index contributed by atoms with van der Waals surface area (Å²) in [6.45, 7) is 23.6.